The van der Waals surface area contributed by atoms with Gasteiger partial charge in [0.05, 0.1) is 5.69 Å². The molecule has 0 radical (unpaired) electrons. The summed E-state index contributed by atoms with van der Waals surface area (Å²) < 4.78 is 0. The predicted molar refractivity (Wildman–Crippen MR) is 60.1 cm³/mol. The number of rotatable bonds is 4. The molecule has 0 unspecified atom stereocenters. The van der Waals surface area contributed by atoms with E-state index in [4.69, 9.17) is 0 Å². The van der Waals surface area contributed by atoms with E-state index in [1.165, 1.54) is 4.90 Å². The van der Waals surface area contributed by atoms with Crippen LogP contribution in [0.4, 0.5) is 5.69 Å². The maximum absolute atomic E-state index is 11.7. The van der Waals surface area contributed by atoms with Crippen LogP contribution in [0.1, 0.15) is 17.3 Å². The number of para-hydroxylation sites is 1. The van der Waals surface area contributed by atoms with Crippen LogP contribution in [0.5, 0.6) is 0 Å². The Balaban J connectivity index is 3.23. The van der Waals surface area contributed by atoms with E-state index in [1.807, 2.05) is 0 Å². The largest absolute Gasteiger partial charge is 0.317 e. The zero-order chi connectivity index (χ0) is 11.4. The molecule has 0 fully saturated rings. The molecule has 3 nitrogen and oxygen atoms in total. The number of nitrogens with zero attached hydrogens (tertiary/aromatic N) is 1. The molecule has 0 saturated heterocycles. The topological polar surface area (TPSA) is 37.4 Å². The third kappa shape index (κ3) is 2.31. The van der Waals surface area contributed by atoms with Crippen molar-refractivity contribution in [1.82, 2.24) is 0 Å². The van der Waals surface area contributed by atoms with E-state index < -0.39 is 0 Å². The van der Waals surface area contributed by atoms with Gasteiger partial charge in [-0.3, -0.25) is 9.59 Å². The number of amides is 1. The lowest BCUT2D eigenvalue weighted by Gasteiger charge is -2.14. The lowest BCUT2D eigenvalue weighted by atomic mass is 10.0. The first-order chi connectivity index (χ1) is 7.07. The summed E-state index contributed by atoms with van der Waals surface area (Å²) >= 11 is 0. The summed E-state index contributed by atoms with van der Waals surface area (Å²) in [6.45, 7) is 5.25. The lowest BCUT2D eigenvalue weighted by Crippen LogP contribution is -2.17. The molecule has 0 aliphatic heterocycles. The van der Waals surface area contributed by atoms with Crippen molar-refractivity contribution in [3.63, 3.8) is 0 Å². The second kappa shape index (κ2) is 4.55. The van der Waals surface area contributed by atoms with Crippen LogP contribution >= 0.6 is 0 Å². The quantitative estimate of drug-likeness (QED) is 0.426. The van der Waals surface area contributed by atoms with Crippen molar-refractivity contribution in [3.8, 4) is 0 Å². The van der Waals surface area contributed by atoms with Crippen molar-refractivity contribution in [2.75, 3.05) is 11.9 Å². The van der Waals surface area contributed by atoms with Gasteiger partial charge in [-0.2, -0.15) is 0 Å². The zero-order valence-electron chi connectivity index (χ0n) is 8.86. The number of hydrogen-bond acceptors (Lipinski definition) is 2. The molecule has 0 bridgehead atoms. The fourth-order valence-corrected chi connectivity index (χ4v) is 1.26. The van der Waals surface area contributed by atoms with Gasteiger partial charge in [0, 0.05) is 12.6 Å². The Labute approximate surface area is 89.0 Å². The van der Waals surface area contributed by atoms with Crippen LogP contribution in [0.2, 0.25) is 0 Å². The van der Waals surface area contributed by atoms with Gasteiger partial charge in [-0.25, -0.2) is 0 Å². The third-order valence-corrected chi connectivity index (χ3v) is 2.07. The average molecular weight is 203 g/mol. The minimum absolute atomic E-state index is 0.140. The Morgan fingerprint density at radius 3 is 2.53 bits per heavy atom. The van der Waals surface area contributed by atoms with Gasteiger partial charge in [-0.15, -0.1) is 0 Å². The monoisotopic (exact) mass is 203 g/mol. The van der Waals surface area contributed by atoms with Crippen LogP contribution in [-0.4, -0.2) is 19.2 Å². The van der Waals surface area contributed by atoms with Crippen molar-refractivity contribution < 1.29 is 9.59 Å². The van der Waals surface area contributed by atoms with Gasteiger partial charge >= 0.3 is 0 Å². The van der Waals surface area contributed by atoms with Crippen molar-refractivity contribution in [2.24, 2.45) is 0 Å². The fraction of sp³-hybridized carbons (Fsp3) is 0.167. The molecule has 0 aliphatic carbocycles. The number of carbonyl (C=O) groups excluding carboxylic acids is 2. The highest BCUT2D eigenvalue weighted by Crippen LogP contribution is 2.20. The maximum Gasteiger partial charge on any atom is 0.213 e. The summed E-state index contributed by atoms with van der Waals surface area (Å²) in [6.07, 6.45) is 0.671. The zero-order valence-corrected chi connectivity index (χ0v) is 8.86. The van der Waals surface area contributed by atoms with Crippen LogP contribution in [0.3, 0.4) is 0 Å². The number of Topliss-reactive ketones (excluding diaryl/α,β-unsaturated/α-hetero) is 1. The van der Waals surface area contributed by atoms with Gasteiger partial charge in [0.25, 0.3) is 0 Å². The first-order valence-electron chi connectivity index (χ1n) is 4.55. The highest BCUT2D eigenvalue weighted by atomic mass is 16.1. The minimum Gasteiger partial charge on any atom is -0.317 e. The number of hydrogen-bond donors (Lipinski definition) is 0. The van der Waals surface area contributed by atoms with Crippen molar-refractivity contribution in [1.29, 1.82) is 0 Å². The van der Waals surface area contributed by atoms with Crippen molar-refractivity contribution >= 4 is 17.9 Å². The predicted octanol–water partition coefficient (Wildman–Crippen LogP) is 2.04. The molecule has 0 aromatic heterocycles. The average Bonchev–Trinajstić information content (AvgIpc) is 2.27. The second-order valence-electron chi connectivity index (χ2n) is 3.34. The van der Waals surface area contributed by atoms with E-state index in [9.17, 15) is 9.59 Å². The summed E-state index contributed by atoms with van der Waals surface area (Å²) in [5.74, 6) is -0.140. The highest BCUT2D eigenvalue weighted by molar-refractivity contribution is 6.12. The molecule has 1 amide bonds. The standard InChI is InChI=1S/C12H13NO2/c1-9(2)12(15)10-6-4-5-7-11(10)13(3)8-14/h4-8H,1H2,2-3H3. The van der Waals surface area contributed by atoms with Crippen molar-refractivity contribution in [2.45, 2.75) is 6.92 Å². The molecule has 0 N–H and O–H groups in total. The number of anilines is 1. The van der Waals surface area contributed by atoms with Gasteiger partial charge < -0.3 is 4.90 Å². The molecule has 15 heavy (non-hydrogen) atoms. The first-order valence-corrected chi connectivity index (χ1v) is 4.55. The van der Waals surface area contributed by atoms with E-state index in [0.29, 0.717) is 23.2 Å². The minimum atomic E-state index is -0.140. The SMILES string of the molecule is C=C(C)C(=O)c1ccccc1N(C)C=O. The molecule has 1 aromatic rings. The van der Waals surface area contributed by atoms with Crippen molar-refractivity contribution in [3.05, 3.63) is 42.0 Å². The molecule has 0 aliphatic rings. The number of ketones is 1. The summed E-state index contributed by atoms with van der Waals surface area (Å²) in [4.78, 5) is 23.8. The van der Waals surface area contributed by atoms with Gasteiger partial charge in [0.2, 0.25) is 6.41 Å². The number of allylic oxidation sites excluding steroid dienone is 1. The Morgan fingerprint density at radius 1 is 1.40 bits per heavy atom. The molecule has 0 spiro atoms. The summed E-state index contributed by atoms with van der Waals surface area (Å²) in [5, 5.41) is 0. The van der Waals surface area contributed by atoms with Gasteiger partial charge in [-0.05, 0) is 24.6 Å². The van der Waals surface area contributed by atoms with E-state index in [0.717, 1.165) is 0 Å². The van der Waals surface area contributed by atoms with Crippen LogP contribution < -0.4 is 4.90 Å². The van der Waals surface area contributed by atoms with Gasteiger partial charge in [0.15, 0.2) is 5.78 Å². The van der Waals surface area contributed by atoms with E-state index in [2.05, 4.69) is 6.58 Å². The molecular formula is C12H13NO2. The Hall–Kier alpha value is -1.90. The summed E-state index contributed by atoms with van der Waals surface area (Å²) in [7, 11) is 1.61. The Morgan fingerprint density at radius 2 is 2.00 bits per heavy atom. The van der Waals surface area contributed by atoms with E-state index in [-0.39, 0.29) is 5.78 Å². The molecule has 78 valence electrons. The van der Waals surface area contributed by atoms with Crippen LogP contribution in [0.15, 0.2) is 36.4 Å². The molecule has 1 aromatic carbocycles. The first kappa shape index (κ1) is 11.2. The Bertz CT molecular complexity index is 410. The normalized spacial score (nSPS) is 9.47. The van der Waals surface area contributed by atoms with E-state index >= 15 is 0 Å². The summed E-state index contributed by atoms with van der Waals surface area (Å²) in [5.41, 5.74) is 1.56. The van der Waals surface area contributed by atoms with E-state index in [1.54, 1.807) is 38.2 Å². The molecule has 3 heteroatoms. The highest BCUT2D eigenvalue weighted by Gasteiger charge is 2.13. The van der Waals surface area contributed by atoms with Crippen LogP contribution in [0, 0.1) is 0 Å². The van der Waals surface area contributed by atoms with Gasteiger partial charge in [0.1, 0.15) is 0 Å². The lowest BCUT2D eigenvalue weighted by molar-refractivity contribution is -0.107. The number of benzene rings is 1. The maximum atomic E-state index is 11.7. The fourth-order valence-electron chi connectivity index (χ4n) is 1.26. The van der Waals surface area contributed by atoms with Crippen LogP contribution in [-0.2, 0) is 4.79 Å². The molecule has 1 rings (SSSR count). The number of carbonyl (C=O) groups is 2. The molecule has 0 heterocycles. The third-order valence-electron chi connectivity index (χ3n) is 2.07. The molecular weight excluding hydrogens is 190 g/mol. The summed E-state index contributed by atoms with van der Waals surface area (Å²) in [6, 6.07) is 6.96. The Kier molecular flexibility index (Phi) is 3.39. The molecule has 0 saturated carbocycles. The second-order valence-corrected chi connectivity index (χ2v) is 3.34. The smallest absolute Gasteiger partial charge is 0.213 e. The molecule has 0 atom stereocenters. The van der Waals surface area contributed by atoms with Gasteiger partial charge in [-0.1, -0.05) is 18.7 Å². The van der Waals surface area contributed by atoms with Crippen LogP contribution in [0.25, 0.3) is 0 Å².